The lowest BCUT2D eigenvalue weighted by Crippen LogP contribution is -2.32. The summed E-state index contributed by atoms with van der Waals surface area (Å²) in [6.07, 6.45) is 0. The second-order valence-electron chi connectivity index (χ2n) is 8.03. The van der Waals surface area contributed by atoms with Gasteiger partial charge in [-0.1, -0.05) is 42.4 Å². The van der Waals surface area contributed by atoms with Gasteiger partial charge >= 0.3 is 0 Å². The molecule has 1 aromatic heterocycles. The number of hydrogen-bond acceptors (Lipinski definition) is 6. The zero-order valence-corrected chi connectivity index (χ0v) is 20.6. The number of hydrogen-bond donors (Lipinski definition) is 4. The molecule has 2 aromatic carbocycles. The molecule has 0 bridgehead atoms. The van der Waals surface area contributed by atoms with Crippen LogP contribution in [0.25, 0.3) is 16.7 Å². The number of halogens is 2. The summed E-state index contributed by atoms with van der Waals surface area (Å²) >= 11 is 6.46. The maximum absolute atomic E-state index is 13.1. The summed E-state index contributed by atoms with van der Waals surface area (Å²) in [7, 11) is 1.70. The number of carbonyl (C=O) groups excluding carboxylic acids is 2. The van der Waals surface area contributed by atoms with Gasteiger partial charge < -0.3 is 30.2 Å². The number of ether oxygens (including phenoxy) is 1. The van der Waals surface area contributed by atoms with Gasteiger partial charge in [-0.2, -0.15) is 0 Å². The first-order chi connectivity index (χ1) is 17.2. The lowest BCUT2D eigenvalue weighted by molar-refractivity contribution is -0.123. The lowest BCUT2D eigenvalue weighted by Gasteiger charge is -2.17. The molecule has 0 unspecified atom stereocenters. The predicted octanol–water partition coefficient (Wildman–Crippen LogP) is 2.96. The van der Waals surface area contributed by atoms with Crippen molar-refractivity contribution in [1.82, 2.24) is 15.2 Å². The Hall–Kier alpha value is -3.60. The van der Waals surface area contributed by atoms with Crippen LogP contribution in [-0.4, -0.2) is 53.0 Å². The van der Waals surface area contributed by atoms with Gasteiger partial charge in [0.1, 0.15) is 11.4 Å². The molecule has 0 saturated heterocycles. The van der Waals surface area contributed by atoms with E-state index in [4.69, 9.17) is 21.4 Å². The minimum Gasteiger partial charge on any atom is -0.482 e. The van der Waals surface area contributed by atoms with E-state index in [-0.39, 0.29) is 37.9 Å². The number of aliphatic hydroxyl groups is 2. The molecule has 0 aliphatic rings. The number of benzene rings is 2. The number of nitrogens with one attached hydrogen (secondary N) is 2. The van der Waals surface area contributed by atoms with E-state index in [1.165, 1.54) is 0 Å². The standard InChI is InChI=1S/C25H27ClFN3O6/c1-14-18-10-21(25(34)29-19(12-32)17-6-4-16(5-7-17)15(2)36-27)30(3)20(18)11-22(24(14)26)35-13-23(33)28-8-9-31/h4-7,10-11,19,31-32H,2,8-9,12-13H2,1,3H3,(H,28,33)(H,29,34)/t19-/m1/s1. The molecule has 0 saturated carbocycles. The van der Waals surface area contributed by atoms with Crippen molar-refractivity contribution in [3.63, 3.8) is 0 Å². The Bertz CT molecular complexity index is 1280. The molecule has 192 valence electrons. The van der Waals surface area contributed by atoms with Crippen molar-refractivity contribution in [2.24, 2.45) is 7.05 Å². The SMILES string of the molecule is C=C(OF)c1ccc([C@@H](CO)NC(=O)c2cc3c(C)c(Cl)c(OCC(=O)NCCO)cc3n2C)cc1. The summed E-state index contributed by atoms with van der Waals surface area (Å²) in [5, 5.41) is 25.0. The number of rotatable bonds is 11. The average Bonchev–Trinajstić information content (AvgIpc) is 3.22. The number of fused-ring (bicyclic) bond motifs is 1. The Morgan fingerprint density at radius 2 is 1.92 bits per heavy atom. The molecule has 0 aliphatic heterocycles. The first-order valence-corrected chi connectivity index (χ1v) is 11.4. The van der Waals surface area contributed by atoms with Crippen LogP contribution in [0, 0.1) is 6.92 Å². The van der Waals surface area contributed by atoms with E-state index < -0.39 is 17.9 Å². The van der Waals surface area contributed by atoms with Crippen LogP contribution in [0.15, 0.2) is 43.0 Å². The Morgan fingerprint density at radius 3 is 2.53 bits per heavy atom. The van der Waals surface area contributed by atoms with Crippen molar-refractivity contribution in [2.45, 2.75) is 13.0 Å². The highest BCUT2D eigenvalue weighted by Crippen LogP contribution is 2.36. The van der Waals surface area contributed by atoms with E-state index >= 15 is 0 Å². The van der Waals surface area contributed by atoms with Gasteiger partial charge in [-0.05, 0) is 24.1 Å². The van der Waals surface area contributed by atoms with Crippen molar-refractivity contribution in [3.8, 4) is 5.75 Å². The van der Waals surface area contributed by atoms with Gasteiger partial charge in [-0.3, -0.25) is 14.5 Å². The van der Waals surface area contributed by atoms with Crippen LogP contribution in [0.4, 0.5) is 4.53 Å². The Morgan fingerprint density at radius 1 is 1.22 bits per heavy atom. The van der Waals surface area contributed by atoms with Crippen LogP contribution in [0.2, 0.25) is 5.02 Å². The van der Waals surface area contributed by atoms with Gasteiger partial charge in [0.05, 0.1) is 29.8 Å². The Kier molecular flexibility index (Phi) is 8.92. The largest absolute Gasteiger partial charge is 0.482 e. The number of aryl methyl sites for hydroxylation is 2. The maximum atomic E-state index is 13.1. The van der Waals surface area contributed by atoms with Gasteiger partial charge in [-0.15, -0.1) is 0 Å². The Balaban J connectivity index is 1.83. The van der Waals surface area contributed by atoms with Gasteiger partial charge in [-0.25, -0.2) is 0 Å². The van der Waals surface area contributed by atoms with E-state index in [9.17, 15) is 19.2 Å². The molecule has 0 spiro atoms. The zero-order valence-electron chi connectivity index (χ0n) is 19.8. The van der Waals surface area contributed by atoms with E-state index in [1.54, 1.807) is 54.9 Å². The molecule has 11 heteroatoms. The molecule has 2 amide bonds. The molecule has 36 heavy (non-hydrogen) atoms. The van der Waals surface area contributed by atoms with Crippen molar-refractivity contribution < 1.29 is 34.0 Å². The number of aliphatic hydroxyl groups excluding tert-OH is 2. The summed E-state index contributed by atoms with van der Waals surface area (Å²) in [5.41, 5.74) is 2.67. The topological polar surface area (TPSA) is 122 Å². The van der Waals surface area contributed by atoms with Crippen LogP contribution in [-0.2, 0) is 16.8 Å². The third-order valence-corrected chi connectivity index (χ3v) is 6.21. The minimum atomic E-state index is -0.717. The molecule has 0 radical (unpaired) electrons. The average molecular weight is 520 g/mol. The van der Waals surface area contributed by atoms with Crippen LogP contribution < -0.4 is 15.4 Å². The highest BCUT2D eigenvalue weighted by molar-refractivity contribution is 6.34. The van der Waals surface area contributed by atoms with E-state index in [1.807, 2.05) is 0 Å². The number of carbonyl (C=O) groups is 2. The van der Waals surface area contributed by atoms with Crippen molar-refractivity contribution in [1.29, 1.82) is 0 Å². The summed E-state index contributed by atoms with van der Waals surface area (Å²) in [5.74, 6) is -0.713. The highest BCUT2D eigenvalue weighted by atomic mass is 35.5. The molecule has 1 atom stereocenters. The normalized spacial score (nSPS) is 11.7. The van der Waals surface area contributed by atoms with Crippen molar-refractivity contribution in [3.05, 3.63) is 70.4 Å². The summed E-state index contributed by atoms with van der Waals surface area (Å²) in [4.78, 5) is 28.6. The molecule has 0 aliphatic carbocycles. The molecule has 3 aromatic rings. The fraction of sp³-hybridized carbons (Fsp3) is 0.280. The lowest BCUT2D eigenvalue weighted by atomic mass is 10.0. The fourth-order valence-corrected chi connectivity index (χ4v) is 3.92. The van der Waals surface area contributed by atoms with Crippen LogP contribution in [0.1, 0.15) is 33.2 Å². The summed E-state index contributed by atoms with van der Waals surface area (Å²) in [6, 6.07) is 9.01. The molecule has 1 heterocycles. The van der Waals surface area contributed by atoms with Crippen LogP contribution in [0.3, 0.4) is 0 Å². The monoisotopic (exact) mass is 519 g/mol. The zero-order chi connectivity index (χ0) is 26.4. The molecule has 0 fully saturated rings. The second-order valence-corrected chi connectivity index (χ2v) is 8.41. The smallest absolute Gasteiger partial charge is 0.268 e. The van der Waals surface area contributed by atoms with Crippen molar-refractivity contribution >= 4 is 40.1 Å². The van der Waals surface area contributed by atoms with Gasteiger partial charge in [0.2, 0.25) is 0 Å². The molecular weight excluding hydrogens is 493 g/mol. The third-order valence-electron chi connectivity index (χ3n) is 5.74. The first-order valence-electron chi connectivity index (χ1n) is 11.0. The van der Waals surface area contributed by atoms with E-state index in [2.05, 4.69) is 22.2 Å². The summed E-state index contributed by atoms with van der Waals surface area (Å²) in [6.45, 7) is 4.50. The Labute approximate surface area is 212 Å². The molecule has 4 N–H and O–H groups in total. The third kappa shape index (κ3) is 5.78. The number of amides is 2. The quantitative estimate of drug-likeness (QED) is 0.289. The van der Waals surface area contributed by atoms with Crippen LogP contribution >= 0.6 is 11.6 Å². The molecular formula is C25H27ClFN3O6. The maximum Gasteiger partial charge on any atom is 0.268 e. The molecule has 9 nitrogen and oxygen atoms in total. The second kappa shape index (κ2) is 11.9. The minimum absolute atomic E-state index is 0.116. The summed E-state index contributed by atoms with van der Waals surface area (Å²) < 4.78 is 19.6. The van der Waals surface area contributed by atoms with Gasteiger partial charge in [0, 0.05) is 35.1 Å². The van der Waals surface area contributed by atoms with Gasteiger partial charge in [0.15, 0.2) is 12.4 Å². The number of aromatic nitrogens is 1. The molecule has 3 rings (SSSR count). The highest BCUT2D eigenvalue weighted by Gasteiger charge is 2.21. The van der Waals surface area contributed by atoms with E-state index in [0.717, 1.165) is 5.39 Å². The van der Waals surface area contributed by atoms with Crippen molar-refractivity contribution in [2.75, 3.05) is 26.4 Å². The predicted molar refractivity (Wildman–Crippen MR) is 133 cm³/mol. The van der Waals surface area contributed by atoms with E-state index in [0.29, 0.717) is 32.9 Å². The van der Waals surface area contributed by atoms with Crippen LogP contribution in [0.5, 0.6) is 5.75 Å². The fourth-order valence-electron chi connectivity index (χ4n) is 3.71. The number of nitrogens with zero attached hydrogens (tertiary/aromatic N) is 1. The first kappa shape index (κ1) is 27.0. The van der Waals surface area contributed by atoms with Gasteiger partial charge in [0.25, 0.3) is 11.8 Å².